The van der Waals surface area contributed by atoms with Gasteiger partial charge in [-0.1, -0.05) is 11.8 Å². The number of amides is 1. The number of nitrogens with one attached hydrogen (secondary N) is 1. The Labute approximate surface area is 124 Å². The summed E-state index contributed by atoms with van der Waals surface area (Å²) in [6.07, 6.45) is 0. The lowest BCUT2D eigenvalue weighted by Gasteiger charge is -2.06. The van der Waals surface area contributed by atoms with Crippen LogP contribution in [0.25, 0.3) is 0 Å². The van der Waals surface area contributed by atoms with Gasteiger partial charge in [-0.2, -0.15) is 0 Å². The number of carbonyl (C=O) groups is 1. The molecule has 0 aliphatic rings. The van der Waals surface area contributed by atoms with Crippen LogP contribution in [0.5, 0.6) is 0 Å². The van der Waals surface area contributed by atoms with Crippen molar-refractivity contribution in [3.05, 3.63) is 51.2 Å². The maximum absolute atomic E-state index is 13.7. The van der Waals surface area contributed by atoms with Crippen molar-refractivity contribution in [1.29, 1.82) is 0 Å². The van der Waals surface area contributed by atoms with E-state index in [1.807, 2.05) is 0 Å². The molecule has 0 aliphatic heterocycles. The zero-order chi connectivity index (χ0) is 15.4. The summed E-state index contributed by atoms with van der Waals surface area (Å²) in [5.41, 5.74) is 5.26. The molecule has 1 amide bonds. The lowest BCUT2D eigenvalue weighted by Crippen LogP contribution is -2.12. The van der Waals surface area contributed by atoms with E-state index in [1.165, 1.54) is 6.92 Å². The second kappa shape index (κ2) is 6.48. The van der Waals surface area contributed by atoms with Crippen molar-refractivity contribution in [3.63, 3.8) is 0 Å². The number of anilines is 1. The van der Waals surface area contributed by atoms with Gasteiger partial charge in [-0.25, -0.2) is 8.78 Å². The average molecular weight is 306 g/mol. The van der Waals surface area contributed by atoms with Gasteiger partial charge in [0.05, 0.1) is 22.0 Å². The van der Waals surface area contributed by atoms with E-state index in [-0.39, 0.29) is 17.8 Å². The first-order valence-electron chi connectivity index (χ1n) is 6.07. The molecule has 0 atom stereocenters. The number of benzene rings is 1. The third kappa shape index (κ3) is 3.66. The van der Waals surface area contributed by atoms with E-state index in [9.17, 15) is 13.6 Å². The number of aryl methyl sites for hydroxylation is 1. The molecule has 0 spiro atoms. The molecule has 1 aromatic carbocycles. The van der Waals surface area contributed by atoms with Crippen LogP contribution in [0.15, 0.2) is 24.3 Å². The molecule has 0 bridgehead atoms. The summed E-state index contributed by atoms with van der Waals surface area (Å²) in [6.45, 7) is 1.68. The minimum Gasteiger partial charge on any atom is -0.320 e. The van der Waals surface area contributed by atoms with Crippen molar-refractivity contribution < 1.29 is 13.6 Å². The minimum atomic E-state index is -0.679. The van der Waals surface area contributed by atoms with Crippen LogP contribution < -0.4 is 11.1 Å². The van der Waals surface area contributed by atoms with Gasteiger partial charge in [0.2, 0.25) is 0 Å². The van der Waals surface area contributed by atoms with E-state index in [0.29, 0.717) is 9.75 Å². The Hall–Kier alpha value is -2.23. The van der Waals surface area contributed by atoms with E-state index in [1.54, 1.807) is 12.1 Å². The first-order valence-corrected chi connectivity index (χ1v) is 6.88. The van der Waals surface area contributed by atoms with E-state index in [0.717, 1.165) is 23.5 Å². The molecule has 0 radical (unpaired) electrons. The molecule has 0 aliphatic carbocycles. The molecule has 2 rings (SSSR count). The van der Waals surface area contributed by atoms with Crippen molar-refractivity contribution in [3.8, 4) is 11.8 Å². The average Bonchev–Trinajstić information content (AvgIpc) is 2.91. The summed E-state index contributed by atoms with van der Waals surface area (Å²) >= 11 is 1.16. The fourth-order valence-corrected chi connectivity index (χ4v) is 2.37. The topological polar surface area (TPSA) is 55.1 Å². The van der Waals surface area contributed by atoms with Gasteiger partial charge >= 0.3 is 0 Å². The Balaban J connectivity index is 2.18. The molecule has 0 fully saturated rings. The molecular weight excluding hydrogens is 294 g/mol. The van der Waals surface area contributed by atoms with Crippen LogP contribution >= 0.6 is 11.3 Å². The normalized spacial score (nSPS) is 9.90. The lowest BCUT2D eigenvalue weighted by atomic mass is 10.2. The number of carbonyl (C=O) groups excluding carboxylic acids is 1. The van der Waals surface area contributed by atoms with E-state index >= 15 is 0 Å². The molecule has 0 unspecified atom stereocenters. The molecule has 2 aromatic rings. The Morgan fingerprint density at radius 3 is 2.81 bits per heavy atom. The summed E-state index contributed by atoms with van der Waals surface area (Å²) in [4.78, 5) is 13.0. The third-order valence-electron chi connectivity index (χ3n) is 2.64. The highest BCUT2D eigenvalue weighted by molar-refractivity contribution is 7.14. The Kier molecular flexibility index (Phi) is 4.68. The van der Waals surface area contributed by atoms with Crippen molar-refractivity contribution >= 4 is 22.9 Å². The SMILES string of the molecule is Cc1cc(F)c(NC(=O)c2ccc(C#CCN)s2)cc1F. The number of thiophene rings is 1. The van der Waals surface area contributed by atoms with Gasteiger partial charge in [0.1, 0.15) is 11.6 Å². The van der Waals surface area contributed by atoms with E-state index in [4.69, 9.17) is 5.73 Å². The van der Waals surface area contributed by atoms with Crippen molar-refractivity contribution in [1.82, 2.24) is 0 Å². The number of nitrogens with two attached hydrogens (primary N) is 1. The zero-order valence-electron chi connectivity index (χ0n) is 11.2. The molecule has 6 heteroatoms. The van der Waals surface area contributed by atoms with Gasteiger partial charge in [0.25, 0.3) is 5.91 Å². The summed E-state index contributed by atoms with van der Waals surface area (Å²) in [5.74, 6) is 3.71. The quantitative estimate of drug-likeness (QED) is 0.838. The first kappa shape index (κ1) is 15.2. The monoisotopic (exact) mass is 306 g/mol. The van der Waals surface area contributed by atoms with Gasteiger partial charge in [-0.15, -0.1) is 11.3 Å². The van der Waals surface area contributed by atoms with Crippen LogP contribution in [-0.2, 0) is 0 Å². The molecule has 108 valence electrons. The molecule has 0 saturated carbocycles. The van der Waals surface area contributed by atoms with Gasteiger partial charge in [-0.05, 0) is 30.7 Å². The summed E-state index contributed by atoms with van der Waals surface area (Å²) in [5, 5.41) is 2.35. The Bertz CT molecular complexity index is 744. The van der Waals surface area contributed by atoms with Crippen LogP contribution in [0.4, 0.5) is 14.5 Å². The standard InChI is InChI=1S/C15H12F2N2OS/c1-9-7-12(17)13(8-11(9)16)19-15(20)14-5-4-10(21-14)3-2-6-18/h4-5,7-8H,6,18H2,1H3,(H,19,20). The first-order chi connectivity index (χ1) is 10.0. The number of hydrogen-bond acceptors (Lipinski definition) is 3. The molecular formula is C15H12F2N2OS. The second-order valence-electron chi connectivity index (χ2n) is 4.21. The lowest BCUT2D eigenvalue weighted by molar-refractivity contribution is 0.103. The van der Waals surface area contributed by atoms with Gasteiger partial charge in [-0.3, -0.25) is 4.79 Å². The Morgan fingerprint density at radius 1 is 1.33 bits per heavy atom. The summed E-state index contributed by atoms with van der Waals surface area (Å²) < 4.78 is 27.1. The Morgan fingerprint density at radius 2 is 2.10 bits per heavy atom. The van der Waals surface area contributed by atoms with Crippen molar-refractivity contribution in [2.75, 3.05) is 11.9 Å². The smallest absolute Gasteiger partial charge is 0.265 e. The highest BCUT2D eigenvalue weighted by Crippen LogP contribution is 2.21. The summed E-state index contributed by atoms with van der Waals surface area (Å²) in [6, 6.07) is 5.25. The van der Waals surface area contributed by atoms with Gasteiger partial charge in [0, 0.05) is 6.07 Å². The second-order valence-corrected chi connectivity index (χ2v) is 5.29. The van der Waals surface area contributed by atoms with Crippen molar-refractivity contribution in [2.24, 2.45) is 5.73 Å². The van der Waals surface area contributed by atoms with Crippen molar-refractivity contribution in [2.45, 2.75) is 6.92 Å². The number of halogens is 2. The minimum absolute atomic E-state index is 0.181. The molecule has 21 heavy (non-hydrogen) atoms. The maximum Gasteiger partial charge on any atom is 0.265 e. The van der Waals surface area contributed by atoms with Crippen LogP contribution in [-0.4, -0.2) is 12.5 Å². The van der Waals surface area contributed by atoms with Crippen LogP contribution in [0.2, 0.25) is 0 Å². The highest BCUT2D eigenvalue weighted by atomic mass is 32.1. The number of hydrogen-bond donors (Lipinski definition) is 2. The molecule has 1 heterocycles. The zero-order valence-corrected chi connectivity index (χ0v) is 12.0. The van der Waals surface area contributed by atoms with Crippen LogP contribution in [0.3, 0.4) is 0 Å². The number of rotatable bonds is 2. The maximum atomic E-state index is 13.7. The summed E-state index contributed by atoms with van der Waals surface area (Å²) in [7, 11) is 0. The van der Waals surface area contributed by atoms with E-state index < -0.39 is 17.5 Å². The fourth-order valence-electron chi connectivity index (χ4n) is 1.59. The van der Waals surface area contributed by atoms with Gasteiger partial charge in [0.15, 0.2) is 0 Å². The van der Waals surface area contributed by atoms with E-state index in [2.05, 4.69) is 17.2 Å². The highest BCUT2D eigenvalue weighted by Gasteiger charge is 2.13. The predicted octanol–water partition coefficient (Wildman–Crippen LogP) is 2.90. The molecule has 0 saturated heterocycles. The third-order valence-corrected chi connectivity index (χ3v) is 3.64. The molecule has 1 aromatic heterocycles. The molecule has 3 nitrogen and oxygen atoms in total. The molecule has 3 N–H and O–H groups in total. The predicted molar refractivity (Wildman–Crippen MR) is 79.3 cm³/mol. The van der Waals surface area contributed by atoms with Crippen LogP contribution in [0.1, 0.15) is 20.1 Å². The van der Waals surface area contributed by atoms with Crippen LogP contribution in [0, 0.1) is 30.4 Å². The largest absolute Gasteiger partial charge is 0.320 e. The fraction of sp³-hybridized carbons (Fsp3) is 0.133. The van der Waals surface area contributed by atoms with Gasteiger partial charge < -0.3 is 11.1 Å².